The van der Waals surface area contributed by atoms with Crippen LogP contribution in [0.25, 0.3) is 0 Å². The smallest absolute Gasteiger partial charge is 0.311 e. The highest BCUT2D eigenvalue weighted by molar-refractivity contribution is 9.10. The second-order valence-corrected chi connectivity index (χ2v) is 5.00. The van der Waals surface area contributed by atoms with Gasteiger partial charge in [0, 0.05) is 13.1 Å². The van der Waals surface area contributed by atoms with E-state index >= 15 is 0 Å². The predicted molar refractivity (Wildman–Crippen MR) is 82.9 cm³/mol. The number of anilines is 3. The Morgan fingerprint density at radius 1 is 1.35 bits per heavy atom. The maximum atomic E-state index is 11.0. The maximum absolute atomic E-state index is 11.0. The minimum absolute atomic E-state index is 0.115. The van der Waals surface area contributed by atoms with Gasteiger partial charge in [-0.15, -0.1) is 0 Å². The lowest BCUT2D eigenvalue weighted by Crippen LogP contribution is -2.02. The van der Waals surface area contributed by atoms with Gasteiger partial charge in [-0.3, -0.25) is 10.1 Å². The third-order valence-corrected chi connectivity index (χ3v) is 3.93. The van der Waals surface area contributed by atoms with Gasteiger partial charge in [0.2, 0.25) is 5.82 Å². The van der Waals surface area contributed by atoms with Crippen LogP contribution in [0.5, 0.6) is 0 Å². The first-order chi connectivity index (χ1) is 9.52. The molecule has 2 N–H and O–H groups in total. The van der Waals surface area contributed by atoms with E-state index in [1.165, 1.54) is 12.1 Å². The van der Waals surface area contributed by atoms with E-state index in [1.54, 1.807) is 25.2 Å². The highest BCUT2D eigenvalue weighted by Gasteiger charge is 2.17. The summed E-state index contributed by atoms with van der Waals surface area (Å²) in [6, 6.07) is 8.12. The number of nitrogens with zero attached hydrogens (tertiary/aromatic N) is 2. The number of nitrogens with one attached hydrogen (secondary N) is 2. The summed E-state index contributed by atoms with van der Waals surface area (Å²) < 4.78 is 0.618. The van der Waals surface area contributed by atoms with Gasteiger partial charge in [-0.25, -0.2) is 4.98 Å². The molecule has 0 saturated heterocycles. The number of rotatable bonds is 4. The Morgan fingerprint density at radius 2 is 2.10 bits per heavy atom. The summed E-state index contributed by atoms with van der Waals surface area (Å²) in [5.74, 6) is 0.668. The highest BCUT2D eigenvalue weighted by Crippen LogP contribution is 2.34. The van der Waals surface area contributed by atoms with Crippen LogP contribution in [-0.2, 0) is 0 Å². The molecule has 0 radical (unpaired) electrons. The van der Waals surface area contributed by atoms with E-state index in [9.17, 15) is 10.1 Å². The van der Waals surface area contributed by atoms with Crippen molar-refractivity contribution in [3.8, 4) is 0 Å². The fourth-order valence-corrected chi connectivity index (χ4v) is 2.10. The third-order valence-electron chi connectivity index (χ3n) is 2.53. The highest BCUT2D eigenvalue weighted by atomic mass is 79.9. The Labute approximate surface area is 128 Å². The van der Waals surface area contributed by atoms with Crippen LogP contribution in [0.3, 0.4) is 0 Å². The molecule has 0 saturated carbocycles. The van der Waals surface area contributed by atoms with Crippen LogP contribution < -0.4 is 10.6 Å². The van der Waals surface area contributed by atoms with Crippen LogP contribution >= 0.6 is 27.5 Å². The van der Waals surface area contributed by atoms with Gasteiger partial charge in [-0.05, 0) is 34.1 Å². The van der Waals surface area contributed by atoms with Crippen LogP contribution in [0.4, 0.5) is 23.0 Å². The molecule has 1 aromatic carbocycles. The van der Waals surface area contributed by atoms with Crippen molar-refractivity contribution in [1.29, 1.82) is 0 Å². The molecule has 0 bridgehead atoms. The molecular formula is C12H10BrClN4O2. The van der Waals surface area contributed by atoms with Gasteiger partial charge in [-0.1, -0.05) is 17.7 Å². The molecule has 0 fully saturated rings. The average molecular weight is 358 g/mol. The first-order valence-corrected chi connectivity index (χ1v) is 6.74. The molecule has 0 spiro atoms. The summed E-state index contributed by atoms with van der Waals surface area (Å²) in [5, 5.41) is 17.3. The van der Waals surface area contributed by atoms with Gasteiger partial charge >= 0.3 is 5.69 Å². The molecule has 6 nitrogen and oxygen atoms in total. The van der Waals surface area contributed by atoms with Gasteiger partial charge < -0.3 is 10.6 Å². The van der Waals surface area contributed by atoms with Crippen LogP contribution in [-0.4, -0.2) is 17.0 Å². The van der Waals surface area contributed by atoms with Crippen LogP contribution in [0.1, 0.15) is 0 Å². The standard InChI is InChI=1S/C12H10BrClN4O2/c1-15-10-6-5-9(18(19)20)12(17-10)16-8-4-2-3-7(14)11(8)13/h2-6H,1H3,(H2,15,16,17). The van der Waals surface area contributed by atoms with E-state index in [2.05, 4.69) is 31.5 Å². The second kappa shape index (κ2) is 6.06. The van der Waals surface area contributed by atoms with Crippen molar-refractivity contribution in [3.63, 3.8) is 0 Å². The molecule has 20 heavy (non-hydrogen) atoms. The first-order valence-electron chi connectivity index (χ1n) is 5.57. The largest absolute Gasteiger partial charge is 0.373 e. The van der Waals surface area contributed by atoms with Crippen LogP contribution in [0.15, 0.2) is 34.8 Å². The van der Waals surface area contributed by atoms with Crippen molar-refractivity contribution >= 4 is 50.5 Å². The Hall–Kier alpha value is -1.86. The van der Waals surface area contributed by atoms with E-state index in [0.717, 1.165) is 0 Å². The quantitative estimate of drug-likeness (QED) is 0.633. The normalized spacial score (nSPS) is 10.2. The Bertz CT molecular complexity index is 666. The summed E-state index contributed by atoms with van der Waals surface area (Å²) >= 11 is 9.31. The molecule has 8 heteroatoms. The van der Waals surface area contributed by atoms with Crippen LogP contribution in [0, 0.1) is 10.1 Å². The van der Waals surface area contributed by atoms with Gasteiger partial charge in [0.25, 0.3) is 0 Å². The van der Waals surface area contributed by atoms with Crippen molar-refractivity contribution in [3.05, 3.63) is 49.9 Å². The zero-order valence-corrected chi connectivity index (χ0v) is 12.7. The van der Waals surface area contributed by atoms with Crippen LogP contribution in [0.2, 0.25) is 5.02 Å². The Balaban J connectivity index is 2.46. The molecule has 0 atom stereocenters. The SMILES string of the molecule is CNc1ccc([N+](=O)[O-])c(Nc2cccc(Cl)c2Br)n1. The number of halogens is 2. The molecule has 0 aliphatic rings. The van der Waals surface area contributed by atoms with E-state index in [4.69, 9.17) is 11.6 Å². The fourth-order valence-electron chi connectivity index (χ4n) is 1.56. The molecule has 0 unspecified atom stereocenters. The molecule has 1 aromatic heterocycles. The molecule has 0 amide bonds. The van der Waals surface area contributed by atoms with E-state index < -0.39 is 4.92 Å². The lowest BCUT2D eigenvalue weighted by molar-refractivity contribution is -0.384. The lowest BCUT2D eigenvalue weighted by Gasteiger charge is -2.10. The van der Waals surface area contributed by atoms with E-state index in [1.807, 2.05) is 0 Å². The number of aromatic nitrogens is 1. The Kier molecular flexibility index (Phi) is 4.41. The zero-order chi connectivity index (χ0) is 14.7. The van der Waals surface area contributed by atoms with Gasteiger partial charge in [0.15, 0.2) is 0 Å². The zero-order valence-electron chi connectivity index (χ0n) is 10.4. The number of benzene rings is 1. The number of pyridine rings is 1. The minimum Gasteiger partial charge on any atom is -0.373 e. The summed E-state index contributed by atoms with van der Waals surface area (Å²) in [7, 11) is 1.69. The number of nitro groups is 1. The monoisotopic (exact) mass is 356 g/mol. The maximum Gasteiger partial charge on any atom is 0.311 e. The van der Waals surface area contributed by atoms with Crippen molar-refractivity contribution in [2.75, 3.05) is 17.7 Å². The van der Waals surface area contributed by atoms with Crippen molar-refractivity contribution in [1.82, 2.24) is 4.98 Å². The van der Waals surface area contributed by atoms with Crippen molar-refractivity contribution in [2.24, 2.45) is 0 Å². The summed E-state index contributed by atoms with van der Waals surface area (Å²) in [5.41, 5.74) is 0.484. The molecule has 2 rings (SSSR count). The van der Waals surface area contributed by atoms with Gasteiger partial charge in [0.05, 0.1) is 20.1 Å². The lowest BCUT2D eigenvalue weighted by atomic mass is 10.3. The van der Waals surface area contributed by atoms with Crippen molar-refractivity contribution in [2.45, 2.75) is 0 Å². The summed E-state index contributed by atoms with van der Waals surface area (Å²) in [6.45, 7) is 0. The molecule has 2 aromatic rings. The summed E-state index contributed by atoms with van der Waals surface area (Å²) in [4.78, 5) is 14.7. The topological polar surface area (TPSA) is 80.1 Å². The predicted octanol–water partition coefficient (Wildman–Crippen LogP) is 4.19. The summed E-state index contributed by atoms with van der Waals surface area (Å²) in [6.07, 6.45) is 0. The van der Waals surface area contributed by atoms with Gasteiger partial charge in [-0.2, -0.15) is 0 Å². The molecule has 1 heterocycles. The Morgan fingerprint density at radius 3 is 2.75 bits per heavy atom. The first kappa shape index (κ1) is 14.5. The molecule has 0 aliphatic heterocycles. The molecular weight excluding hydrogens is 348 g/mol. The minimum atomic E-state index is -0.493. The third kappa shape index (κ3) is 3.00. The number of hydrogen-bond acceptors (Lipinski definition) is 5. The average Bonchev–Trinajstić information content (AvgIpc) is 2.43. The van der Waals surface area contributed by atoms with E-state index in [-0.39, 0.29) is 11.5 Å². The van der Waals surface area contributed by atoms with Crippen molar-refractivity contribution < 1.29 is 4.92 Å². The number of hydrogen-bond donors (Lipinski definition) is 2. The molecule has 104 valence electrons. The van der Waals surface area contributed by atoms with E-state index in [0.29, 0.717) is 21.0 Å². The molecule has 0 aliphatic carbocycles. The fraction of sp³-hybridized carbons (Fsp3) is 0.0833. The second-order valence-electron chi connectivity index (χ2n) is 3.80. The van der Waals surface area contributed by atoms with Gasteiger partial charge in [0.1, 0.15) is 5.82 Å².